The fraction of sp³-hybridized carbons (Fsp3) is 0.476. The Bertz CT molecular complexity index is 820. The predicted molar refractivity (Wildman–Crippen MR) is 105 cm³/mol. The van der Waals surface area contributed by atoms with E-state index >= 15 is 0 Å². The highest BCUT2D eigenvalue weighted by Gasteiger charge is 2.36. The van der Waals surface area contributed by atoms with E-state index < -0.39 is 0 Å². The Kier molecular flexibility index (Phi) is 4.82. The highest BCUT2D eigenvalue weighted by Crippen LogP contribution is 2.34. The molecule has 1 aromatic carbocycles. The van der Waals surface area contributed by atoms with E-state index in [9.17, 15) is 4.39 Å². The topological polar surface area (TPSA) is 44.9 Å². The van der Waals surface area contributed by atoms with E-state index in [0.717, 1.165) is 35.4 Å². The molecule has 1 atom stereocenters. The molecule has 4 nitrogen and oxygen atoms in total. The number of rotatable bonds is 4. The molecule has 1 aromatic rings. The lowest BCUT2D eigenvalue weighted by molar-refractivity contribution is 0.209. The number of halogens is 1. The minimum atomic E-state index is -0.0755. The van der Waals surface area contributed by atoms with Crippen LogP contribution in [0.4, 0.5) is 4.39 Å². The van der Waals surface area contributed by atoms with Crippen LogP contribution >= 0.6 is 0 Å². The summed E-state index contributed by atoms with van der Waals surface area (Å²) in [7, 11) is 2.08. The Morgan fingerprint density at radius 3 is 2.62 bits per heavy atom. The average molecular weight is 356 g/mol. The van der Waals surface area contributed by atoms with Crippen LogP contribution in [0.1, 0.15) is 43.0 Å². The Balaban J connectivity index is 2.00. The number of amidine groups is 1. The van der Waals surface area contributed by atoms with E-state index in [4.69, 9.17) is 5.73 Å². The van der Waals surface area contributed by atoms with Gasteiger partial charge in [0.2, 0.25) is 0 Å². The van der Waals surface area contributed by atoms with Crippen molar-refractivity contribution in [2.24, 2.45) is 16.6 Å². The molecule has 0 spiro atoms. The minimum absolute atomic E-state index is 0.0755. The molecule has 0 aromatic heterocycles. The van der Waals surface area contributed by atoms with E-state index in [1.807, 2.05) is 26.1 Å². The van der Waals surface area contributed by atoms with E-state index in [2.05, 4.69) is 42.6 Å². The number of hydrogen-bond donors (Lipinski definition) is 1. The fourth-order valence-electron chi connectivity index (χ4n) is 4.04. The van der Waals surface area contributed by atoms with Crippen molar-refractivity contribution in [2.75, 3.05) is 7.05 Å². The largest absolute Gasteiger partial charge is 0.382 e. The smallest absolute Gasteiger partial charge is 0.149 e. The van der Waals surface area contributed by atoms with Crippen molar-refractivity contribution >= 4 is 5.84 Å². The summed E-state index contributed by atoms with van der Waals surface area (Å²) in [6, 6.07) is 2.02. The van der Waals surface area contributed by atoms with Crippen molar-refractivity contribution in [1.82, 2.24) is 9.80 Å². The van der Waals surface area contributed by atoms with Crippen LogP contribution in [-0.4, -0.2) is 28.8 Å². The zero-order valence-corrected chi connectivity index (χ0v) is 16.6. The molecule has 0 fully saturated rings. The summed E-state index contributed by atoms with van der Waals surface area (Å²) in [5, 5.41) is 0. The zero-order chi connectivity index (χ0) is 19.2. The van der Waals surface area contributed by atoms with Gasteiger partial charge in [-0.2, -0.15) is 0 Å². The van der Waals surface area contributed by atoms with Crippen molar-refractivity contribution in [1.29, 1.82) is 0 Å². The molecule has 0 radical (unpaired) electrons. The van der Waals surface area contributed by atoms with Gasteiger partial charge < -0.3 is 15.5 Å². The standard InChI is InChI=1S/C21H29FN4/c1-12(2)9-17-14(4)19(22)13(3)10-16(17)11-18-25(6)15(5)20-21(23)24-7-8-26(18)20/h7-8,10,12,18H,9,11H2,1-6H3,(H2,23,24). The Morgan fingerprint density at radius 2 is 1.96 bits per heavy atom. The molecular weight excluding hydrogens is 327 g/mol. The molecule has 2 N–H and O–H groups in total. The molecule has 0 amide bonds. The summed E-state index contributed by atoms with van der Waals surface area (Å²) >= 11 is 0. The molecule has 2 heterocycles. The number of likely N-dealkylation sites (N-methyl/N-ethyl adjacent to an activating group) is 1. The molecule has 0 saturated heterocycles. The van der Waals surface area contributed by atoms with Gasteiger partial charge in [-0.15, -0.1) is 0 Å². The first-order chi connectivity index (χ1) is 12.2. The Morgan fingerprint density at radius 1 is 1.27 bits per heavy atom. The van der Waals surface area contributed by atoms with Gasteiger partial charge in [-0.25, -0.2) is 9.38 Å². The number of allylic oxidation sites excluding steroid dienone is 1. The third-order valence-electron chi connectivity index (χ3n) is 5.50. The van der Waals surface area contributed by atoms with Gasteiger partial charge in [0, 0.05) is 31.6 Å². The van der Waals surface area contributed by atoms with E-state index in [1.54, 1.807) is 6.20 Å². The number of hydrogen-bond acceptors (Lipinski definition) is 4. The molecule has 3 rings (SSSR count). The number of nitrogens with zero attached hydrogens (tertiary/aromatic N) is 3. The maximum atomic E-state index is 14.5. The maximum Gasteiger partial charge on any atom is 0.149 e. The summed E-state index contributed by atoms with van der Waals surface area (Å²) in [4.78, 5) is 8.66. The van der Waals surface area contributed by atoms with Crippen molar-refractivity contribution < 1.29 is 4.39 Å². The van der Waals surface area contributed by atoms with Crippen LogP contribution in [-0.2, 0) is 12.8 Å². The van der Waals surface area contributed by atoms with Gasteiger partial charge in [0.25, 0.3) is 0 Å². The Hall–Kier alpha value is -2.30. The van der Waals surface area contributed by atoms with Crippen LogP contribution in [0.5, 0.6) is 0 Å². The number of fused-ring (bicyclic) bond motifs is 1. The molecule has 0 aliphatic carbocycles. The lowest BCUT2D eigenvalue weighted by atomic mass is 9.89. The summed E-state index contributed by atoms with van der Waals surface area (Å²) in [6.45, 7) is 10.2. The molecule has 2 aliphatic heterocycles. The van der Waals surface area contributed by atoms with Gasteiger partial charge in [-0.1, -0.05) is 19.9 Å². The van der Waals surface area contributed by atoms with Crippen molar-refractivity contribution in [2.45, 2.75) is 53.6 Å². The number of aryl methyl sites for hydroxylation is 1. The van der Waals surface area contributed by atoms with Crippen LogP contribution in [0.25, 0.3) is 0 Å². The van der Waals surface area contributed by atoms with Crippen molar-refractivity contribution in [3.05, 3.63) is 57.9 Å². The van der Waals surface area contributed by atoms with Gasteiger partial charge in [0.15, 0.2) is 0 Å². The summed E-state index contributed by atoms with van der Waals surface area (Å²) < 4.78 is 14.5. The number of aliphatic imine (C=N–C) groups is 1. The van der Waals surface area contributed by atoms with E-state index in [0.29, 0.717) is 17.3 Å². The van der Waals surface area contributed by atoms with Crippen LogP contribution in [0.2, 0.25) is 0 Å². The molecule has 26 heavy (non-hydrogen) atoms. The quantitative estimate of drug-likeness (QED) is 0.892. The fourth-order valence-corrected chi connectivity index (χ4v) is 4.04. The maximum absolute atomic E-state index is 14.5. The third kappa shape index (κ3) is 3.00. The normalized spacial score (nSPS) is 19.5. The van der Waals surface area contributed by atoms with Crippen LogP contribution in [0.3, 0.4) is 0 Å². The number of nitrogens with two attached hydrogens (primary N) is 1. The highest BCUT2D eigenvalue weighted by atomic mass is 19.1. The molecular formula is C21H29FN4. The lowest BCUT2D eigenvalue weighted by Crippen LogP contribution is -2.40. The van der Waals surface area contributed by atoms with Crippen molar-refractivity contribution in [3.63, 3.8) is 0 Å². The average Bonchev–Trinajstić information content (AvgIpc) is 2.82. The second-order valence-corrected chi connectivity index (χ2v) is 7.82. The first kappa shape index (κ1) is 18.5. The van der Waals surface area contributed by atoms with E-state index in [1.165, 1.54) is 5.56 Å². The molecule has 0 saturated carbocycles. The molecule has 5 heteroatoms. The molecule has 140 valence electrons. The Labute approximate surface area is 155 Å². The van der Waals surface area contributed by atoms with Gasteiger partial charge in [0.05, 0.1) is 0 Å². The number of benzene rings is 1. The highest BCUT2D eigenvalue weighted by molar-refractivity contribution is 5.98. The first-order valence-corrected chi connectivity index (χ1v) is 9.22. The first-order valence-electron chi connectivity index (χ1n) is 9.22. The molecule has 1 unspecified atom stereocenters. The summed E-state index contributed by atoms with van der Waals surface area (Å²) in [5.74, 6) is 0.950. The summed E-state index contributed by atoms with van der Waals surface area (Å²) in [5.41, 5.74) is 12.1. The summed E-state index contributed by atoms with van der Waals surface area (Å²) in [6.07, 6.45) is 5.53. The predicted octanol–water partition coefficient (Wildman–Crippen LogP) is 3.83. The van der Waals surface area contributed by atoms with Gasteiger partial charge >= 0.3 is 0 Å². The second-order valence-electron chi connectivity index (χ2n) is 7.82. The van der Waals surface area contributed by atoms with Gasteiger partial charge in [-0.05, 0) is 55.4 Å². The van der Waals surface area contributed by atoms with Gasteiger partial charge in [-0.3, -0.25) is 0 Å². The monoisotopic (exact) mass is 356 g/mol. The molecule has 0 bridgehead atoms. The second kappa shape index (κ2) is 6.78. The van der Waals surface area contributed by atoms with Crippen molar-refractivity contribution in [3.8, 4) is 0 Å². The SMILES string of the molecule is CC1=C2C(N)=NC=CN2C(Cc2cc(C)c(F)c(C)c2CC(C)C)N1C. The van der Waals surface area contributed by atoms with Crippen LogP contribution in [0.15, 0.2) is 34.9 Å². The van der Waals surface area contributed by atoms with Crippen LogP contribution in [0, 0.1) is 25.6 Å². The third-order valence-corrected chi connectivity index (χ3v) is 5.50. The zero-order valence-electron chi connectivity index (χ0n) is 16.6. The minimum Gasteiger partial charge on any atom is -0.382 e. The van der Waals surface area contributed by atoms with Gasteiger partial charge in [0.1, 0.15) is 23.5 Å². The van der Waals surface area contributed by atoms with Crippen LogP contribution < -0.4 is 5.73 Å². The molecule has 2 aliphatic rings. The van der Waals surface area contributed by atoms with E-state index in [-0.39, 0.29) is 12.0 Å². The lowest BCUT2D eigenvalue weighted by Gasteiger charge is -2.32.